The molecular formula is C33H36N6O4. The maximum atomic E-state index is 14.3. The van der Waals surface area contributed by atoms with Crippen LogP contribution in [0.1, 0.15) is 31.9 Å². The van der Waals surface area contributed by atoms with Crippen LogP contribution in [0.3, 0.4) is 0 Å². The maximum Gasteiger partial charge on any atom is 0.408 e. The second-order valence-corrected chi connectivity index (χ2v) is 11.4. The maximum absolute atomic E-state index is 14.3. The van der Waals surface area contributed by atoms with Crippen molar-refractivity contribution in [2.24, 2.45) is 5.73 Å². The summed E-state index contributed by atoms with van der Waals surface area (Å²) >= 11 is 0. The minimum atomic E-state index is -1.16. The number of carbonyl (C=O) groups is 3. The molecule has 0 aliphatic carbocycles. The van der Waals surface area contributed by atoms with Crippen molar-refractivity contribution < 1.29 is 19.1 Å². The number of aromatic amines is 2. The largest absolute Gasteiger partial charge is 0.444 e. The van der Waals surface area contributed by atoms with Gasteiger partial charge in [0.05, 0.1) is 11.7 Å². The minimum Gasteiger partial charge on any atom is -0.444 e. The van der Waals surface area contributed by atoms with Crippen LogP contribution >= 0.6 is 0 Å². The Hall–Kier alpha value is -5.09. The van der Waals surface area contributed by atoms with Crippen LogP contribution in [-0.2, 0) is 27.2 Å². The Morgan fingerprint density at radius 1 is 0.791 bits per heavy atom. The fraction of sp³-hybridized carbons (Fsp3) is 0.242. The zero-order valence-electron chi connectivity index (χ0n) is 24.4. The van der Waals surface area contributed by atoms with Gasteiger partial charge in [-0.1, -0.05) is 54.6 Å². The van der Waals surface area contributed by atoms with Gasteiger partial charge in [-0.15, -0.1) is 0 Å². The predicted molar refractivity (Wildman–Crippen MR) is 167 cm³/mol. The second-order valence-electron chi connectivity index (χ2n) is 11.4. The summed E-state index contributed by atoms with van der Waals surface area (Å²) in [7, 11) is 0. The number of amides is 3. The van der Waals surface area contributed by atoms with Crippen molar-refractivity contribution >= 4 is 45.4 Å². The summed E-state index contributed by atoms with van der Waals surface area (Å²) < 4.78 is 5.48. The number of rotatable bonds is 9. The number of benzene rings is 3. The van der Waals surface area contributed by atoms with Crippen molar-refractivity contribution in [3.05, 3.63) is 102 Å². The Labute approximate surface area is 249 Å². The number of nitrogens with two attached hydrogens (primary N) is 1. The molecule has 0 fully saturated rings. The monoisotopic (exact) mass is 580 g/mol. The molecule has 0 aliphatic heterocycles. The van der Waals surface area contributed by atoms with E-state index in [9.17, 15) is 14.4 Å². The van der Waals surface area contributed by atoms with E-state index in [0.29, 0.717) is 5.69 Å². The number of nitrogens with zero attached hydrogens (tertiary/aromatic N) is 1. The highest BCUT2D eigenvalue weighted by Gasteiger charge is 2.35. The number of alkyl carbamates (subject to hydrolysis) is 1. The van der Waals surface area contributed by atoms with Crippen molar-refractivity contribution in [1.82, 2.24) is 20.3 Å². The molecule has 6 N–H and O–H groups in total. The van der Waals surface area contributed by atoms with E-state index in [1.807, 2.05) is 60.8 Å². The van der Waals surface area contributed by atoms with E-state index in [4.69, 9.17) is 10.5 Å². The number of imide groups is 1. The molecule has 0 aliphatic rings. The third-order valence-corrected chi connectivity index (χ3v) is 6.98. The number of aromatic nitrogens is 2. The van der Waals surface area contributed by atoms with Gasteiger partial charge in [0.25, 0.3) is 11.8 Å². The van der Waals surface area contributed by atoms with Gasteiger partial charge in [-0.3, -0.25) is 15.0 Å². The van der Waals surface area contributed by atoms with Gasteiger partial charge in [-0.2, -0.15) is 5.01 Å². The molecule has 222 valence electrons. The van der Waals surface area contributed by atoms with Crippen molar-refractivity contribution in [1.29, 1.82) is 0 Å². The lowest BCUT2D eigenvalue weighted by Crippen LogP contribution is -2.57. The van der Waals surface area contributed by atoms with Crippen LogP contribution in [0.2, 0.25) is 0 Å². The molecule has 3 aromatic carbocycles. The average molecular weight is 581 g/mol. The summed E-state index contributed by atoms with van der Waals surface area (Å²) in [6, 6.07) is 22.0. The Bertz CT molecular complexity index is 1740. The molecule has 0 bridgehead atoms. The standard InChI is InChI=1S/C33H36N6O4/c1-33(2,3)43-32(42)37-29(18-22-20-36-28-16-10-8-14-25(22)28)31(41)39(38-23-11-5-4-6-12-23)30(40)26(34)17-21-19-35-27-15-9-7-13-24(21)27/h4-16,19-20,26,29,35-36,38H,17-18,34H2,1-3H3,(H,37,42)/t26-,29-/m0/s1. The van der Waals surface area contributed by atoms with Gasteiger partial charge in [0.1, 0.15) is 11.6 Å². The first-order valence-electron chi connectivity index (χ1n) is 14.1. The van der Waals surface area contributed by atoms with Crippen LogP contribution in [0.25, 0.3) is 21.8 Å². The summed E-state index contributed by atoms with van der Waals surface area (Å²) in [6.45, 7) is 5.21. The van der Waals surface area contributed by atoms with Gasteiger partial charge < -0.3 is 25.8 Å². The second kappa shape index (κ2) is 12.4. The SMILES string of the molecule is CC(C)(C)OC(=O)N[C@@H](Cc1c[nH]c2ccccc12)C(=O)N(Nc1ccccc1)C(=O)[C@@H](N)Cc1c[nH]c2ccccc12. The number of ether oxygens (including phenoxy) is 1. The van der Waals surface area contributed by atoms with Crippen molar-refractivity contribution in [3.8, 4) is 0 Å². The molecule has 10 nitrogen and oxygen atoms in total. The molecule has 2 atom stereocenters. The molecule has 0 spiro atoms. The molecular weight excluding hydrogens is 544 g/mol. The number of para-hydroxylation sites is 3. The lowest BCUT2D eigenvalue weighted by Gasteiger charge is -2.30. The number of fused-ring (bicyclic) bond motifs is 2. The molecule has 2 aromatic heterocycles. The quantitative estimate of drug-likeness (QED) is 0.155. The van der Waals surface area contributed by atoms with Crippen molar-refractivity contribution in [2.45, 2.75) is 51.3 Å². The number of hydrogen-bond acceptors (Lipinski definition) is 6. The topological polar surface area (TPSA) is 145 Å². The molecule has 5 rings (SSSR count). The van der Waals surface area contributed by atoms with E-state index in [-0.39, 0.29) is 12.8 Å². The van der Waals surface area contributed by atoms with E-state index in [2.05, 4.69) is 20.7 Å². The normalized spacial score (nSPS) is 12.9. The van der Waals surface area contributed by atoms with Crippen LogP contribution in [0.5, 0.6) is 0 Å². The van der Waals surface area contributed by atoms with E-state index >= 15 is 0 Å². The highest BCUT2D eigenvalue weighted by atomic mass is 16.6. The van der Waals surface area contributed by atoms with E-state index < -0.39 is 35.6 Å². The van der Waals surface area contributed by atoms with Gasteiger partial charge in [-0.05, 0) is 62.6 Å². The van der Waals surface area contributed by atoms with Gasteiger partial charge in [0.15, 0.2) is 0 Å². The highest BCUT2D eigenvalue weighted by molar-refractivity contribution is 6.02. The van der Waals surface area contributed by atoms with Crippen molar-refractivity contribution in [3.63, 3.8) is 0 Å². The molecule has 3 amide bonds. The average Bonchev–Trinajstić information content (AvgIpc) is 3.58. The smallest absolute Gasteiger partial charge is 0.408 e. The van der Waals surface area contributed by atoms with E-state index in [1.54, 1.807) is 51.2 Å². The lowest BCUT2D eigenvalue weighted by molar-refractivity contribution is -0.145. The molecule has 43 heavy (non-hydrogen) atoms. The van der Waals surface area contributed by atoms with Gasteiger partial charge in [-0.25, -0.2) is 4.79 Å². The van der Waals surface area contributed by atoms with E-state index in [1.165, 1.54) is 0 Å². The van der Waals surface area contributed by atoms with Gasteiger partial charge in [0.2, 0.25) is 0 Å². The first kappa shape index (κ1) is 29.4. The number of nitrogens with one attached hydrogen (secondary N) is 4. The third kappa shape index (κ3) is 7.04. The summed E-state index contributed by atoms with van der Waals surface area (Å²) in [5.41, 5.74) is 12.6. The summed E-state index contributed by atoms with van der Waals surface area (Å²) in [5.74, 6) is -1.33. The zero-order chi connectivity index (χ0) is 30.6. The lowest BCUT2D eigenvalue weighted by atomic mass is 10.0. The van der Waals surface area contributed by atoms with Crippen LogP contribution in [0.15, 0.2) is 91.3 Å². The molecule has 0 unspecified atom stereocenters. The highest BCUT2D eigenvalue weighted by Crippen LogP contribution is 2.22. The Morgan fingerprint density at radius 2 is 1.33 bits per heavy atom. The Morgan fingerprint density at radius 3 is 1.91 bits per heavy atom. The molecule has 0 saturated heterocycles. The van der Waals surface area contributed by atoms with Crippen LogP contribution in [0.4, 0.5) is 10.5 Å². The van der Waals surface area contributed by atoms with Crippen LogP contribution < -0.4 is 16.5 Å². The zero-order valence-corrected chi connectivity index (χ0v) is 24.4. The summed E-state index contributed by atoms with van der Waals surface area (Å²) in [6.07, 6.45) is 3.12. The molecule has 0 radical (unpaired) electrons. The number of anilines is 1. The van der Waals surface area contributed by atoms with Crippen LogP contribution in [0, 0.1) is 0 Å². The first-order chi connectivity index (χ1) is 20.6. The summed E-state index contributed by atoms with van der Waals surface area (Å²) in [5, 5.41) is 5.46. The number of hydrazine groups is 1. The minimum absolute atomic E-state index is 0.0972. The first-order valence-corrected chi connectivity index (χ1v) is 14.1. The Balaban J connectivity index is 1.46. The summed E-state index contributed by atoms with van der Waals surface area (Å²) in [4.78, 5) is 47.5. The van der Waals surface area contributed by atoms with Crippen LogP contribution in [-0.4, -0.2) is 50.6 Å². The Kier molecular flexibility index (Phi) is 8.49. The number of H-pyrrole nitrogens is 2. The third-order valence-electron chi connectivity index (χ3n) is 6.98. The molecule has 10 heteroatoms. The number of carbonyl (C=O) groups excluding carboxylic acids is 3. The predicted octanol–water partition coefficient (Wildman–Crippen LogP) is 5.04. The van der Waals surface area contributed by atoms with E-state index in [0.717, 1.165) is 37.9 Å². The molecule has 0 saturated carbocycles. The fourth-order valence-corrected chi connectivity index (χ4v) is 4.98. The number of hydrogen-bond donors (Lipinski definition) is 5. The fourth-order valence-electron chi connectivity index (χ4n) is 4.98. The van der Waals surface area contributed by atoms with Crippen molar-refractivity contribution in [2.75, 3.05) is 5.43 Å². The van der Waals surface area contributed by atoms with Gasteiger partial charge >= 0.3 is 6.09 Å². The molecule has 5 aromatic rings. The molecule has 2 heterocycles. The van der Waals surface area contributed by atoms with Gasteiger partial charge in [0, 0.05) is 40.6 Å².